The van der Waals surface area contributed by atoms with Crippen LogP contribution in [0.25, 0.3) is 26.4 Å². The van der Waals surface area contributed by atoms with Gasteiger partial charge in [-0.15, -0.1) is 0 Å². The molecule has 0 fully saturated rings. The molecule has 0 aliphatic rings. The number of hydrogen-bond acceptors (Lipinski definition) is 5. The summed E-state index contributed by atoms with van der Waals surface area (Å²) < 4.78 is 13.2. The quantitative estimate of drug-likeness (QED) is 0.530. The number of benzene rings is 2. The molecule has 0 aliphatic heterocycles. The number of fused-ring (bicyclic) bond motifs is 3. The van der Waals surface area contributed by atoms with Gasteiger partial charge in [-0.3, -0.25) is 4.40 Å². The molecule has 6 heteroatoms. The standard InChI is InChI=1S/C18H14N2O3S/c1-22-13-7-8-15-16(9-13)24-18-19-14(10-20(15)18)11-3-5-12(6-4-11)17(21)23-2/h3-10H,1-2H3. The SMILES string of the molecule is COC(=O)c1ccc(-c2cn3c(n2)sc2cc(OC)ccc23)cc1. The van der Waals surface area contributed by atoms with Gasteiger partial charge in [0.1, 0.15) is 5.75 Å². The van der Waals surface area contributed by atoms with Gasteiger partial charge in [0.25, 0.3) is 0 Å². The summed E-state index contributed by atoms with van der Waals surface area (Å²) in [6, 6.07) is 13.2. The number of thiazole rings is 1. The van der Waals surface area contributed by atoms with E-state index in [1.54, 1.807) is 30.6 Å². The number of methoxy groups -OCH3 is 2. The molecule has 120 valence electrons. The van der Waals surface area contributed by atoms with E-state index in [4.69, 9.17) is 14.5 Å². The molecule has 0 saturated heterocycles. The van der Waals surface area contributed by atoms with Gasteiger partial charge >= 0.3 is 5.97 Å². The average molecular weight is 338 g/mol. The molecule has 0 spiro atoms. The van der Waals surface area contributed by atoms with E-state index in [9.17, 15) is 4.79 Å². The Hall–Kier alpha value is -2.86. The van der Waals surface area contributed by atoms with Crippen molar-refractivity contribution in [3.05, 3.63) is 54.2 Å². The second-order valence-corrected chi connectivity index (χ2v) is 6.29. The molecule has 0 N–H and O–H groups in total. The van der Waals surface area contributed by atoms with Crippen LogP contribution in [0.15, 0.2) is 48.7 Å². The molecular weight excluding hydrogens is 324 g/mol. The highest BCUT2D eigenvalue weighted by Crippen LogP contribution is 2.31. The first-order valence-electron chi connectivity index (χ1n) is 7.34. The van der Waals surface area contributed by atoms with E-state index in [0.29, 0.717) is 5.56 Å². The van der Waals surface area contributed by atoms with Crippen LogP contribution < -0.4 is 4.74 Å². The number of ether oxygens (including phenoxy) is 2. The Balaban J connectivity index is 1.76. The molecule has 0 radical (unpaired) electrons. The molecule has 24 heavy (non-hydrogen) atoms. The van der Waals surface area contributed by atoms with Crippen molar-refractivity contribution in [1.82, 2.24) is 9.38 Å². The number of carbonyl (C=O) groups excluding carboxylic acids is 1. The van der Waals surface area contributed by atoms with E-state index in [2.05, 4.69) is 4.40 Å². The molecule has 4 rings (SSSR count). The van der Waals surface area contributed by atoms with Crippen molar-refractivity contribution in [1.29, 1.82) is 0 Å². The van der Waals surface area contributed by atoms with Gasteiger partial charge in [0, 0.05) is 11.8 Å². The maximum Gasteiger partial charge on any atom is 0.337 e. The summed E-state index contributed by atoms with van der Waals surface area (Å²) in [5.74, 6) is 0.498. The Kier molecular flexibility index (Phi) is 3.46. The molecule has 0 atom stereocenters. The lowest BCUT2D eigenvalue weighted by Crippen LogP contribution is -2.00. The summed E-state index contributed by atoms with van der Waals surface area (Å²) in [6.45, 7) is 0. The minimum atomic E-state index is -0.340. The van der Waals surface area contributed by atoms with Crippen LogP contribution in [0.3, 0.4) is 0 Å². The van der Waals surface area contributed by atoms with Crippen LogP contribution in [0, 0.1) is 0 Å². The minimum Gasteiger partial charge on any atom is -0.497 e. The van der Waals surface area contributed by atoms with Crippen molar-refractivity contribution in [2.24, 2.45) is 0 Å². The largest absolute Gasteiger partial charge is 0.497 e. The lowest BCUT2D eigenvalue weighted by molar-refractivity contribution is 0.0601. The molecule has 4 aromatic rings. The molecule has 2 heterocycles. The first-order chi connectivity index (χ1) is 11.7. The molecule has 2 aromatic heterocycles. The summed E-state index contributed by atoms with van der Waals surface area (Å²) in [5, 5.41) is 0. The second-order valence-electron chi connectivity index (χ2n) is 5.28. The van der Waals surface area contributed by atoms with Gasteiger partial charge in [0.05, 0.1) is 35.7 Å². The molecule has 0 bridgehead atoms. The second kappa shape index (κ2) is 5.65. The Morgan fingerprint density at radius 1 is 1.12 bits per heavy atom. The van der Waals surface area contributed by atoms with Crippen molar-refractivity contribution in [2.45, 2.75) is 0 Å². The van der Waals surface area contributed by atoms with Crippen molar-refractivity contribution < 1.29 is 14.3 Å². The maximum absolute atomic E-state index is 11.5. The fourth-order valence-electron chi connectivity index (χ4n) is 2.64. The lowest BCUT2D eigenvalue weighted by atomic mass is 10.1. The normalized spacial score (nSPS) is 11.1. The Bertz CT molecular complexity index is 1050. The zero-order chi connectivity index (χ0) is 16.7. The average Bonchev–Trinajstić information content (AvgIpc) is 3.18. The van der Waals surface area contributed by atoms with Crippen LogP contribution in [0.2, 0.25) is 0 Å². The highest BCUT2D eigenvalue weighted by Gasteiger charge is 2.12. The Labute approximate surface area is 142 Å². The maximum atomic E-state index is 11.5. The van der Waals surface area contributed by atoms with Crippen LogP contribution in [-0.4, -0.2) is 29.6 Å². The lowest BCUT2D eigenvalue weighted by Gasteiger charge is -2.00. The van der Waals surface area contributed by atoms with E-state index >= 15 is 0 Å². The third-order valence-corrected chi connectivity index (χ3v) is 4.92. The summed E-state index contributed by atoms with van der Waals surface area (Å²) in [7, 11) is 3.04. The molecule has 0 unspecified atom stereocenters. The smallest absolute Gasteiger partial charge is 0.337 e. The highest BCUT2D eigenvalue weighted by molar-refractivity contribution is 7.23. The van der Waals surface area contributed by atoms with Crippen LogP contribution >= 0.6 is 11.3 Å². The Morgan fingerprint density at radius 3 is 2.62 bits per heavy atom. The number of nitrogens with zero attached hydrogens (tertiary/aromatic N) is 2. The zero-order valence-corrected chi connectivity index (χ0v) is 14.0. The third kappa shape index (κ3) is 2.32. The van der Waals surface area contributed by atoms with Crippen molar-refractivity contribution in [3.8, 4) is 17.0 Å². The van der Waals surface area contributed by atoms with Gasteiger partial charge in [0.15, 0.2) is 4.96 Å². The predicted octanol–water partition coefficient (Wildman–Crippen LogP) is 4.01. The topological polar surface area (TPSA) is 52.8 Å². The van der Waals surface area contributed by atoms with Crippen LogP contribution in [0.5, 0.6) is 5.75 Å². The predicted molar refractivity (Wildman–Crippen MR) is 93.9 cm³/mol. The minimum absolute atomic E-state index is 0.340. The molecular formula is C18H14N2O3S. The highest BCUT2D eigenvalue weighted by atomic mass is 32.1. The molecule has 5 nitrogen and oxygen atoms in total. The molecule has 0 saturated carbocycles. The summed E-state index contributed by atoms with van der Waals surface area (Å²) >= 11 is 1.62. The van der Waals surface area contributed by atoms with Crippen LogP contribution in [0.4, 0.5) is 0 Å². The van der Waals surface area contributed by atoms with Gasteiger partial charge in [-0.2, -0.15) is 0 Å². The van der Waals surface area contributed by atoms with Crippen LogP contribution in [-0.2, 0) is 4.74 Å². The molecule has 0 aliphatic carbocycles. The van der Waals surface area contributed by atoms with E-state index in [1.807, 2.05) is 36.5 Å². The number of rotatable bonds is 3. The van der Waals surface area contributed by atoms with E-state index in [-0.39, 0.29) is 5.97 Å². The number of hydrogen-bond donors (Lipinski definition) is 0. The van der Waals surface area contributed by atoms with E-state index < -0.39 is 0 Å². The van der Waals surface area contributed by atoms with Crippen molar-refractivity contribution in [2.75, 3.05) is 14.2 Å². The van der Waals surface area contributed by atoms with Gasteiger partial charge in [-0.25, -0.2) is 9.78 Å². The van der Waals surface area contributed by atoms with Gasteiger partial charge in [-0.1, -0.05) is 23.5 Å². The first-order valence-corrected chi connectivity index (χ1v) is 8.15. The summed E-state index contributed by atoms with van der Waals surface area (Å²) in [5.41, 5.74) is 3.45. The number of carbonyl (C=O) groups is 1. The van der Waals surface area contributed by atoms with Gasteiger partial charge in [-0.05, 0) is 30.3 Å². The fourth-order valence-corrected chi connectivity index (χ4v) is 3.68. The fraction of sp³-hybridized carbons (Fsp3) is 0.111. The van der Waals surface area contributed by atoms with Crippen molar-refractivity contribution in [3.63, 3.8) is 0 Å². The van der Waals surface area contributed by atoms with Gasteiger partial charge < -0.3 is 9.47 Å². The van der Waals surface area contributed by atoms with E-state index in [0.717, 1.165) is 32.2 Å². The Morgan fingerprint density at radius 2 is 1.92 bits per heavy atom. The number of aromatic nitrogens is 2. The summed E-state index contributed by atoms with van der Waals surface area (Å²) in [6.07, 6.45) is 2.01. The molecule has 2 aromatic carbocycles. The first kappa shape index (κ1) is 14.7. The third-order valence-electron chi connectivity index (χ3n) is 3.90. The monoisotopic (exact) mass is 338 g/mol. The van der Waals surface area contributed by atoms with E-state index in [1.165, 1.54) is 7.11 Å². The van der Waals surface area contributed by atoms with Crippen molar-refractivity contribution >= 4 is 32.5 Å². The zero-order valence-electron chi connectivity index (χ0n) is 13.1. The number of esters is 1. The van der Waals surface area contributed by atoms with Gasteiger partial charge in [0.2, 0.25) is 0 Å². The molecule has 0 amide bonds. The number of imidazole rings is 1. The van der Waals surface area contributed by atoms with Crippen LogP contribution in [0.1, 0.15) is 10.4 Å². The summed E-state index contributed by atoms with van der Waals surface area (Å²) in [4.78, 5) is 17.1.